The fourth-order valence-corrected chi connectivity index (χ4v) is 12.5. The Bertz CT molecular complexity index is 1480. The minimum Gasteiger partial charge on any atom is -0.469 e. The molecule has 1 aromatic heterocycles. The summed E-state index contributed by atoms with van der Waals surface area (Å²) in [6, 6.07) is 1.80. The fraction of sp³-hybridized carbons (Fsp3) is 0.800. The highest BCUT2D eigenvalue weighted by Gasteiger charge is 2.92. The Kier molecular flexibility index (Phi) is 6.50. The van der Waals surface area contributed by atoms with Crippen LogP contribution >= 0.6 is 0 Å². The van der Waals surface area contributed by atoms with Crippen molar-refractivity contribution in [3.8, 4) is 0 Å². The standard InChI is InChI=1S/C35H46O11/c1-6-7-16(20(37)14-36)12-21-18(10-11-42-21)26-32(4)13-17-8-9-19-27-34(15-43-29(19)40)23(17)33(5,35(32)28(46-35)30(41)44-26)25(39)22(38)24(34)31(2,3)45-27/h10-11,16-17,19-20,23-28,36-37,39H,6-9,12-15H2,1-5H3/t16-,17+,19+,20-,23+,24-,25-,26+,27+,28-,32+,33+,34-,35-/m1/s1. The number of ketones is 1. The monoisotopic (exact) mass is 642 g/mol. The Morgan fingerprint density at radius 2 is 1.80 bits per heavy atom. The van der Waals surface area contributed by atoms with Crippen molar-refractivity contribution in [2.45, 2.75) is 115 Å². The molecule has 11 nitrogen and oxygen atoms in total. The van der Waals surface area contributed by atoms with E-state index in [-0.39, 0.29) is 42.7 Å². The highest BCUT2D eigenvalue weighted by molar-refractivity contribution is 5.92. The number of cyclic esters (lactones) is 2. The van der Waals surface area contributed by atoms with Gasteiger partial charge in [-0.1, -0.05) is 27.2 Å². The van der Waals surface area contributed by atoms with Crippen LogP contribution in [0.5, 0.6) is 0 Å². The predicted molar refractivity (Wildman–Crippen MR) is 158 cm³/mol. The summed E-state index contributed by atoms with van der Waals surface area (Å²) in [6.07, 6.45) is 0.410. The molecule has 0 unspecified atom stereocenters. The number of aliphatic hydroxyl groups excluding tert-OH is 3. The number of carbonyl (C=O) groups is 3. The quantitative estimate of drug-likeness (QED) is 0.296. The van der Waals surface area contributed by atoms with Crippen LogP contribution in [-0.4, -0.2) is 81.9 Å². The van der Waals surface area contributed by atoms with Crippen LogP contribution in [0.2, 0.25) is 0 Å². The third kappa shape index (κ3) is 3.39. The Morgan fingerprint density at radius 1 is 1.04 bits per heavy atom. The number of hydrogen-bond donors (Lipinski definition) is 3. The third-order valence-electron chi connectivity index (χ3n) is 13.9. The molecule has 11 heteroatoms. The zero-order chi connectivity index (χ0) is 32.8. The number of Topliss-reactive ketones (excluding diaryl/α,β-unsaturated/α-hetero) is 1. The molecule has 3 N–H and O–H groups in total. The molecule has 7 aliphatic rings. The molecule has 2 bridgehead atoms. The van der Waals surface area contributed by atoms with Crippen LogP contribution in [0.1, 0.15) is 84.2 Å². The molecule has 14 atom stereocenters. The minimum atomic E-state index is -1.44. The molecule has 7 fully saturated rings. The van der Waals surface area contributed by atoms with Gasteiger partial charge in [-0.15, -0.1) is 0 Å². The molecule has 1 aromatic rings. The first-order valence-corrected chi connectivity index (χ1v) is 17.0. The second-order valence-corrected chi connectivity index (χ2v) is 16.3. The van der Waals surface area contributed by atoms with Crippen molar-refractivity contribution in [1.29, 1.82) is 0 Å². The first-order chi connectivity index (χ1) is 21.7. The summed E-state index contributed by atoms with van der Waals surface area (Å²) in [5.74, 6) is -2.51. The Morgan fingerprint density at radius 3 is 2.52 bits per heavy atom. The maximum Gasteiger partial charge on any atom is 0.339 e. The van der Waals surface area contributed by atoms with Gasteiger partial charge in [-0.25, -0.2) is 4.79 Å². The number of rotatable bonds is 7. The van der Waals surface area contributed by atoms with Gasteiger partial charge in [0.1, 0.15) is 30.2 Å². The first kappa shape index (κ1) is 31.0. The zero-order valence-electron chi connectivity index (χ0n) is 27.2. The van der Waals surface area contributed by atoms with E-state index in [0.29, 0.717) is 43.4 Å². The number of epoxide rings is 1. The number of esters is 2. The van der Waals surface area contributed by atoms with Crippen molar-refractivity contribution in [3.05, 3.63) is 23.7 Å². The molecular formula is C35H46O11. The Labute approximate surface area is 268 Å². The second kappa shape index (κ2) is 9.65. The lowest BCUT2D eigenvalue weighted by Crippen LogP contribution is -2.77. The maximum atomic E-state index is 14.6. The van der Waals surface area contributed by atoms with Gasteiger partial charge < -0.3 is 38.7 Å². The summed E-state index contributed by atoms with van der Waals surface area (Å²) < 4.78 is 31.5. The predicted octanol–water partition coefficient (Wildman–Crippen LogP) is 2.67. The van der Waals surface area contributed by atoms with Gasteiger partial charge in [-0.05, 0) is 63.4 Å². The van der Waals surface area contributed by atoms with Crippen molar-refractivity contribution in [2.75, 3.05) is 13.2 Å². The average molecular weight is 643 g/mol. The molecule has 0 radical (unpaired) electrons. The highest BCUT2D eigenvalue weighted by atomic mass is 16.7. The Balaban J connectivity index is 1.29. The number of furan rings is 1. The SMILES string of the molecule is CCC[C@H](Cc1occc1[C@@H]1OC(=O)[C@H]2O[C@]23[C@]2(C)[C@H](O)C(=O)[C@@H]4C(C)(C)O[C@H]5[C@@H]6CC[C@@H](C[C@@]13C)[C@@H]2[C@]45COC6=O)[C@H](O)CO. The van der Waals surface area contributed by atoms with Gasteiger partial charge >= 0.3 is 11.9 Å². The van der Waals surface area contributed by atoms with Crippen LogP contribution in [-0.2, 0) is 39.8 Å². The van der Waals surface area contributed by atoms with Gasteiger partial charge in [0.05, 0.1) is 42.5 Å². The van der Waals surface area contributed by atoms with Gasteiger partial charge in [0.2, 0.25) is 0 Å². The molecule has 4 saturated heterocycles. The summed E-state index contributed by atoms with van der Waals surface area (Å²) in [4.78, 5) is 41.7. The fourth-order valence-electron chi connectivity index (χ4n) is 12.5. The van der Waals surface area contributed by atoms with E-state index in [1.807, 2.05) is 34.6 Å². The molecule has 2 spiro atoms. The molecule has 3 aliphatic carbocycles. The average Bonchev–Trinajstić information content (AvgIpc) is 3.59. The smallest absolute Gasteiger partial charge is 0.339 e. The van der Waals surface area contributed by atoms with Gasteiger partial charge in [0.15, 0.2) is 11.9 Å². The van der Waals surface area contributed by atoms with E-state index in [1.54, 1.807) is 12.3 Å². The molecule has 5 heterocycles. The van der Waals surface area contributed by atoms with E-state index < -0.39 is 75.8 Å². The van der Waals surface area contributed by atoms with E-state index >= 15 is 0 Å². The lowest BCUT2D eigenvalue weighted by molar-refractivity contribution is -0.266. The van der Waals surface area contributed by atoms with Gasteiger partial charge in [0.25, 0.3) is 0 Å². The normalized spacial score (nSPS) is 49.1. The molecular weight excluding hydrogens is 596 g/mol. The molecule has 252 valence electrons. The van der Waals surface area contributed by atoms with E-state index in [1.165, 1.54) is 0 Å². The molecule has 3 saturated carbocycles. The van der Waals surface area contributed by atoms with Crippen LogP contribution in [0.25, 0.3) is 0 Å². The largest absolute Gasteiger partial charge is 0.469 e. The molecule has 0 aromatic carbocycles. The van der Waals surface area contributed by atoms with Crippen LogP contribution < -0.4 is 0 Å². The number of ether oxygens (including phenoxy) is 4. The van der Waals surface area contributed by atoms with Gasteiger partial charge in [0, 0.05) is 28.2 Å². The van der Waals surface area contributed by atoms with E-state index in [9.17, 15) is 29.7 Å². The Hall–Kier alpha value is -2.31. The number of aliphatic hydroxyl groups is 3. The summed E-state index contributed by atoms with van der Waals surface area (Å²) in [5.41, 5.74) is -4.46. The van der Waals surface area contributed by atoms with Gasteiger partial charge in [-0.2, -0.15) is 0 Å². The number of hydrogen-bond acceptors (Lipinski definition) is 11. The van der Waals surface area contributed by atoms with E-state index in [2.05, 4.69) is 0 Å². The first-order valence-electron chi connectivity index (χ1n) is 17.0. The molecule has 46 heavy (non-hydrogen) atoms. The summed E-state index contributed by atoms with van der Waals surface area (Å²) in [5, 5.41) is 32.7. The molecule has 0 amide bonds. The lowest BCUT2D eigenvalue weighted by Gasteiger charge is -2.68. The molecule has 8 rings (SSSR count). The van der Waals surface area contributed by atoms with Crippen molar-refractivity contribution in [2.24, 2.45) is 45.8 Å². The van der Waals surface area contributed by atoms with Crippen molar-refractivity contribution in [1.82, 2.24) is 0 Å². The summed E-state index contributed by atoms with van der Waals surface area (Å²) in [7, 11) is 0. The highest BCUT2D eigenvalue weighted by Crippen LogP contribution is 2.82. The van der Waals surface area contributed by atoms with Crippen LogP contribution in [0.4, 0.5) is 0 Å². The van der Waals surface area contributed by atoms with E-state index in [0.717, 1.165) is 6.42 Å². The van der Waals surface area contributed by atoms with Crippen molar-refractivity contribution in [3.63, 3.8) is 0 Å². The third-order valence-corrected chi connectivity index (χ3v) is 13.9. The maximum absolute atomic E-state index is 14.6. The van der Waals surface area contributed by atoms with Gasteiger partial charge in [-0.3, -0.25) is 9.59 Å². The molecule has 4 aliphatic heterocycles. The van der Waals surface area contributed by atoms with Crippen LogP contribution in [0.15, 0.2) is 16.7 Å². The minimum absolute atomic E-state index is 0.0273. The van der Waals surface area contributed by atoms with Crippen LogP contribution in [0.3, 0.4) is 0 Å². The summed E-state index contributed by atoms with van der Waals surface area (Å²) in [6.45, 7) is 9.37. The van der Waals surface area contributed by atoms with Crippen LogP contribution in [0, 0.1) is 45.8 Å². The zero-order valence-corrected chi connectivity index (χ0v) is 27.2. The van der Waals surface area contributed by atoms with Crippen molar-refractivity contribution >= 4 is 17.7 Å². The summed E-state index contributed by atoms with van der Waals surface area (Å²) >= 11 is 0. The van der Waals surface area contributed by atoms with Crippen molar-refractivity contribution < 1.29 is 53.1 Å². The second-order valence-electron chi connectivity index (χ2n) is 16.3. The number of carbonyl (C=O) groups excluding carboxylic acids is 3. The van der Waals surface area contributed by atoms with E-state index in [4.69, 9.17) is 23.4 Å². The topological polar surface area (TPSA) is 165 Å². The lowest BCUT2D eigenvalue weighted by atomic mass is 9.34.